The normalized spacial score (nSPS) is 11.7. The molecule has 3 N–H and O–H groups in total. The summed E-state index contributed by atoms with van der Waals surface area (Å²) >= 11 is 5.31. The van der Waals surface area contributed by atoms with Crippen LogP contribution in [0.1, 0.15) is 10.4 Å². The van der Waals surface area contributed by atoms with E-state index in [2.05, 4.69) is 14.6 Å². The maximum Gasteiger partial charge on any atom is 0.349 e. The molecule has 92 valence electrons. The Morgan fingerprint density at radius 3 is 2.88 bits per heavy atom. The van der Waals surface area contributed by atoms with Gasteiger partial charge in [-0.3, -0.25) is 4.84 Å². The lowest BCUT2D eigenvalue weighted by Gasteiger charge is -2.08. The number of nitrogens with one attached hydrogen (secondary N) is 1. The summed E-state index contributed by atoms with van der Waals surface area (Å²) in [5.74, 6) is -2.26. The van der Waals surface area contributed by atoms with E-state index in [-0.39, 0.29) is 11.4 Å². The molecule has 0 saturated heterocycles. The standard InChI is InChI=1S/C9H9ClN2O5/c10-12-7-5(2-1-3-11-7)8(15)17-9(16)6(14)4-13/h1-3,6,13-14H,4H2,(H,11,12). The number of carbonyl (C=O) groups is 2. The molecule has 0 bridgehead atoms. The average molecular weight is 261 g/mol. The third kappa shape index (κ3) is 3.38. The number of aromatic nitrogens is 1. The molecule has 1 rings (SSSR count). The Labute approximate surface area is 101 Å². The Kier molecular flexibility index (Phi) is 4.83. The SMILES string of the molecule is O=C(OC(=O)C(O)CO)c1cccnc1NCl. The van der Waals surface area contributed by atoms with E-state index in [9.17, 15) is 9.59 Å². The average Bonchev–Trinajstić information content (AvgIpc) is 2.37. The predicted molar refractivity (Wildman–Crippen MR) is 57.2 cm³/mol. The molecule has 0 aromatic carbocycles. The van der Waals surface area contributed by atoms with Crippen LogP contribution in [0.2, 0.25) is 0 Å². The van der Waals surface area contributed by atoms with Crippen molar-refractivity contribution in [2.75, 3.05) is 11.4 Å². The number of rotatable bonds is 4. The van der Waals surface area contributed by atoms with E-state index >= 15 is 0 Å². The molecule has 0 aliphatic carbocycles. The molecule has 1 unspecified atom stereocenters. The highest BCUT2D eigenvalue weighted by atomic mass is 35.5. The van der Waals surface area contributed by atoms with E-state index in [0.717, 1.165) is 0 Å². The molecule has 0 aliphatic heterocycles. The highest BCUT2D eigenvalue weighted by Gasteiger charge is 2.22. The Morgan fingerprint density at radius 1 is 1.59 bits per heavy atom. The lowest BCUT2D eigenvalue weighted by molar-refractivity contribution is -0.149. The van der Waals surface area contributed by atoms with Gasteiger partial charge in [0.15, 0.2) is 11.9 Å². The zero-order valence-electron chi connectivity index (χ0n) is 8.46. The molecule has 1 aromatic rings. The van der Waals surface area contributed by atoms with Crippen molar-refractivity contribution in [3.63, 3.8) is 0 Å². The number of anilines is 1. The molecule has 0 saturated carbocycles. The number of halogens is 1. The summed E-state index contributed by atoms with van der Waals surface area (Å²) in [5.41, 5.74) is -0.0685. The van der Waals surface area contributed by atoms with Crippen LogP contribution in [-0.4, -0.2) is 39.8 Å². The minimum atomic E-state index is -1.76. The molecule has 8 heteroatoms. The van der Waals surface area contributed by atoms with E-state index in [0.29, 0.717) is 0 Å². The fraction of sp³-hybridized carbons (Fsp3) is 0.222. The molecule has 0 amide bonds. The fourth-order valence-corrected chi connectivity index (χ4v) is 1.08. The minimum absolute atomic E-state index is 0.0189. The molecule has 7 nitrogen and oxygen atoms in total. The monoisotopic (exact) mass is 260 g/mol. The first kappa shape index (κ1) is 13.4. The first-order valence-electron chi connectivity index (χ1n) is 4.46. The molecule has 0 aliphatic rings. The quantitative estimate of drug-likeness (QED) is 0.387. The smallest absolute Gasteiger partial charge is 0.349 e. The van der Waals surface area contributed by atoms with Gasteiger partial charge in [0, 0.05) is 18.0 Å². The number of aliphatic hydroxyl groups is 2. The second-order valence-electron chi connectivity index (χ2n) is 2.90. The maximum absolute atomic E-state index is 11.5. The first-order valence-corrected chi connectivity index (χ1v) is 4.84. The van der Waals surface area contributed by atoms with Gasteiger partial charge < -0.3 is 14.9 Å². The molecule has 17 heavy (non-hydrogen) atoms. The highest BCUT2D eigenvalue weighted by Crippen LogP contribution is 2.13. The van der Waals surface area contributed by atoms with Crippen molar-refractivity contribution in [3.8, 4) is 0 Å². The van der Waals surface area contributed by atoms with Crippen LogP contribution >= 0.6 is 11.8 Å². The number of ether oxygens (including phenoxy) is 1. The number of pyridine rings is 1. The van der Waals surface area contributed by atoms with E-state index in [4.69, 9.17) is 22.0 Å². The van der Waals surface area contributed by atoms with Gasteiger partial charge in [-0.15, -0.1) is 0 Å². The summed E-state index contributed by atoms with van der Waals surface area (Å²) in [4.78, 5) is 28.4. The Hall–Kier alpha value is -1.70. The van der Waals surface area contributed by atoms with Crippen molar-refractivity contribution in [3.05, 3.63) is 23.9 Å². The maximum atomic E-state index is 11.5. The van der Waals surface area contributed by atoms with E-state index in [1.807, 2.05) is 0 Å². The summed E-state index contributed by atoms with van der Waals surface area (Å²) in [7, 11) is 0. The van der Waals surface area contributed by atoms with Crippen LogP contribution in [0.15, 0.2) is 18.3 Å². The predicted octanol–water partition coefficient (Wildman–Crippen LogP) is -0.316. The number of carbonyl (C=O) groups excluding carboxylic acids is 2. The summed E-state index contributed by atoms with van der Waals surface area (Å²) < 4.78 is 4.31. The van der Waals surface area contributed by atoms with Crippen LogP contribution in [0, 0.1) is 0 Å². The summed E-state index contributed by atoms with van der Waals surface area (Å²) in [5, 5.41) is 17.4. The van der Waals surface area contributed by atoms with Gasteiger partial charge in [0.2, 0.25) is 0 Å². The fourth-order valence-electron chi connectivity index (χ4n) is 0.934. The minimum Gasteiger partial charge on any atom is -0.393 e. The molecule has 1 atom stereocenters. The van der Waals surface area contributed by atoms with Gasteiger partial charge in [0.25, 0.3) is 0 Å². The molecule has 1 heterocycles. The van der Waals surface area contributed by atoms with Crippen molar-refractivity contribution >= 4 is 29.5 Å². The van der Waals surface area contributed by atoms with Crippen LogP contribution < -0.4 is 4.84 Å². The number of nitrogens with zero attached hydrogens (tertiary/aromatic N) is 1. The van der Waals surface area contributed by atoms with Crippen molar-refractivity contribution in [1.82, 2.24) is 4.98 Å². The number of hydrogen-bond donors (Lipinski definition) is 3. The molecular formula is C9H9ClN2O5. The third-order valence-electron chi connectivity index (χ3n) is 1.76. The second kappa shape index (κ2) is 6.14. The van der Waals surface area contributed by atoms with Crippen molar-refractivity contribution in [1.29, 1.82) is 0 Å². The largest absolute Gasteiger partial charge is 0.393 e. The lowest BCUT2D eigenvalue weighted by atomic mass is 10.2. The van der Waals surface area contributed by atoms with Crippen molar-refractivity contribution < 1.29 is 24.5 Å². The Balaban J connectivity index is 2.80. The zero-order valence-corrected chi connectivity index (χ0v) is 9.22. The van der Waals surface area contributed by atoms with Crippen molar-refractivity contribution in [2.45, 2.75) is 6.10 Å². The van der Waals surface area contributed by atoms with Crippen LogP contribution in [0.25, 0.3) is 0 Å². The molecule has 0 radical (unpaired) electrons. The molecular weight excluding hydrogens is 252 g/mol. The molecule has 0 spiro atoms. The van der Waals surface area contributed by atoms with Gasteiger partial charge in [-0.25, -0.2) is 14.6 Å². The zero-order chi connectivity index (χ0) is 12.8. The van der Waals surface area contributed by atoms with Crippen molar-refractivity contribution in [2.24, 2.45) is 0 Å². The van der Waals surface area contributed by atoms with Crippen LogP contribution in [0.3, 0.4) is 0 Å². The first-order chi connectivity index (χ1) is 8.10. The van der Waals surface area contributed by atoms with Gasteiger partial charge in [-0.2, -0.15) is 0 Å². The van der Waals surface area contributed by atoms with Gasteiger partial charge >= 0.3 is 11.9 Å². The van der Waals surface area contributed by atoms with Gasteiger partial charge in [-0.05, 0) is 12.1 Å². The number of hydrogen-bond acceptors (Lipinski definition) is 7. The number of esters is 2. The van der Waals surface area contributed by atoms with Gasteiger partial charge in [0.05, 0.1) is 6.61 Å². The number of aliphatic hydroxyl groups excluding tert-OH is 2. The van der Waals surface area contributed by atoms with Gasteiger partial charge in [-0.1, -0.05) is 0 Å². The third-order valence-corrected chi connectivity index (χ3v) is 1.93. The summed E-state index contributed by atoms with van der Waals surface area (Å²) in [6.07, 6.45) is -0.380. The topological polar surface area (TPSA) is 109 Å². The summed E-state index contributed by atoms with van der Waals surface area (Å²) in [6, 6.07) is 2.78. The summed E-state index contributed by atoms with van der Waals surface area (Å²) in [6.45, 7) is -0.834. The lowest BCUT2D eigenvalue weighted by Crippen LogP contribution is -2.29. The highest BCUT2D eigenvalue weighted by molar-refractivity contribution is 6.24. The van der Waals surface area contributed by atoms with E-state index < -0.39 is 24.6 Å². The van der Waals surface area contributed by atoms with Crippen LogP contribution in [0.5, 0.6) is 0 Å². The second-order valence-corrected chi connectivity index (χ2v) is 3.09. The van der Waals surface area contributed by atoms with Crippen LogP contribution in [-0.2, 0) is 9.53 Å². The molecule has 1 aromatic heterocycles. The van der Waals surface area contributed by atoms with E-state index in [1.165, 1.54) is 18.3 Å². The Morgan fingerprint density at radius 2 is 2.29 bits per heavy atom. The van der Waals surface area contributed by atoms with Crippen LogP contribution in [0.4, 0.5) is 5.82 Å². The Bertz CT molecular complexity index is 426. The molecule has 0 fully saturated rings. The van der Waals surface area contributed by atoms with E-state index in [1.54, 1.807) is 0 Å². The van der Waals surface area contributed by atoms with Gasteiger partial charge in [0.1, 0.15) is 5.56 Å².